The van der Waals surface area contributed by atoms with Crippen LogP contribution in [0.25, 0.3) is 0 Å². The van der Waals surface area contributed by atoms with Crippen LogP contribution in [-0.2, 0) is 4.57 Å². The SMILES string of the molecule is CCCN(CCOc1c(Cl)cc(Cl)cc1Cl)C(=O)n1ccnc1.O=P(O)(O)O. The summed E-state index contributed by atoms with van der Waals surface area (Å²) in [6.45, 7) is 3.28. The Hall–Kier alpha value is -1.32. The Morgan fingerprint density at radius 2 is 1.79 bits per heavy atom. The second-order valence-electron chi connectivity index (χ2n) is 5.30. The Bertz CT molecular complexity index is 784. The molecule has 0 aliphatic carbocycles. The Kier molecular flexibility index (Phi) is 10.3. The zero-order valence-electron chi connectivity index (χ0n) is 14.7. The van der Waals surface area contributed by atoms with Gasteiger partial charge in [-0.15, -0.1) is 0 Å². The summed E-state index contributed by atoms with van der Waals surface area (Å²) in [7, 11) is -4.64. The Morgan fingerprint density at radius 3 is 2.25 bits per heavy atom. The highest BCUT2D eigenvalue weighted by Crippen LogP contribution is 2.35. The van der Waals surface area contributed by atoms with E-state index in [0.29, 0.717) is 33.9 Å². The lowest BCUT2D eigenvalue weighted by atomic mass is 10.3. The summed E-state index contributed by atoms with van der Waals surface area (Å²) < 4.78 is 15.9. The van der Waals surface area contributed by atoms with Gasteiger partial charge in [0.25, 0.3) is 0 Å². The lowest BCUT2D eigenvalue weighted by Gasteiger charge is -2.22. The second kappa shape index (κ2) is 11.6. The average molecular weight is 475 g/mol. The highest BCUT2D eigenvalue weighted by atomic mass is 35.5. The van der Waals surface area contributed by atoms with Gasteiger partial charge in [0.15, 0.2) is 5.75 Å². The third kappa shape index (κ3) is 9.25. The minimum absolute atomic E-state index is 0.152. The van der Waals surface area contributed by atoms with E-state index in [1.807, 2.05) is 6.92 Å². The summed E-state index contributed by atoms with van der Waals surface area (Å²) >= 11 is 18.0. The quantitative estimate of drug-likeness (QED) is 0.545. The van der Waals surface area contributed by atoms with Gasteiger partial charge in [-0.1, -0.05) is 41.7 Å². The predicted molar refractivity (Wildman–Crippen MR) is 106 cm³/mol. The fourth-order valence-corrected chi connectivity index (χ4v) is 2.96. The molecule has 0 bridgehead atoms. The maximum Gasteiger partial charge on any atom is 0.466 e. The van der Waals surface area contributed by atoms with Gasteiger partial charge >= 0.3 is 13.9 Å². The number of phosphoric acid groups is 1. The van der Waals surface area contributed by atoms with Gasteiger partial charge in [-0.05, 0) is 18.6 Å². The van der Waals surface area contributed by atoms with Crippen molar-refractivity contribution in [1.82, 2.24) is 14.5 Å². The van der Waals surface area contributed by atoms with Crippen LogP contribution >= 0.6 is 42.6 Å². The molecule has 1 aromatic carbocycles. The molecule has 28 heavy (non-hydrogen) atoms. The first kappa shape index (κ1) is 24.7. The zero-order chi connectivity index (χ0) is 21.3. The van der Waals surface area contributed by atoms with E-state index in [0.717, 1.165) is 6.42 Å². The Labute approximate surface area is 176 Å². The summed E-state index contributed by atoms with van der Waals surface area (Å²) in [5, 5.41) is 1.12. The normalized spacial score (nSPS) is 10.8. The molecule has 0 saturated heterocycles. The number of hydrogen-bond donors (Lipinski definition) is 3. The Balaban J connectivity index is 0.000000696. The van der Waals surface area contributed by atoms with Crippen molar-refractivity contribution in [3.63, 3.8) is 0 Å². The number of hydrogen-bond acceptors (Lipinski definition) is 4. The fraction of sp³-hybridized carbons (Fsp3) is 0.333. The van der Waals surface area contributed by atoms with Gasteiger partial charge in [-0.2, -0.15) is 0 Å². The van der Waals surface area contributed by atoms with Crippen molar-refractivity contribution in [2.24, 2.45) is 0 Å². The first-order valence-corrected chi connectivity index (χ1v) is 10.6. The molecule has 156 valence electrons. The molecule has 0 atom stereocenters. The van der Waals surface area contributed by atoms with Crippen molar-refractivity contribution in [1.29, 1.82) is 0 Å². The van der Waals surface area contributed by atoms with E-state index in [1.165, 1.54) is 10.9 Å². The number of carbonyl (C=O) groups is 1. The first-order chi connectivity index (χ1) is 13.0. The number of amides is 1. The van der Waals surface area contributed by atoms with Gasteiger partial charge in [-0.25, -0.2) is 14.3 Å². The highest BCUT2D eigenvalue weighted by molar-refractivity contribution is 7.45. The minimum Gasteiger partial charge on any atom is -0.489 e. The van der Waals surface area contributed by atoms with Gasteiger partial charge in [0.2, 0.25) is 0 Å². The molecular formula is C15H19Cl3N3O6P. The molecule has 1 aromatic heterocycles. The molecule has 0 aliphatic rings. The van der Waals surface area contributed by atoms with Crippen LogP contribution in [0.5, 0.6) is 5.75 Å². The molecule has 0 unspecified atom stereocenters. The van der Waals surface area contributed by atoms with E-state index in [1.54, 1.807) is 29.4 Å². The molecule has 0 radical (unpaired) electrons. The monoisotopic (exact) mass is 473 g/mol. The van der Waals surface area contributed by atoms with Crippen molar-refractivity contribution in [3.05, 3.63) is 45.9 Å². The second-order valence-corrected chi connectivity index (χ2v) is 7.58. The molecule has 3 N–H and O–H groups in total. The van der Waals surface area contributed by atoms with Crippen LogP contribution < -0.4 is 4.74 Å². The van der Waals surface area contributed by atoms with E-state index in [9.17, 15) is 4.79 Å². The Morgan fingerprint density at radius 1 is 1.21 bits per heavy atom. The molecule has 0 saturated carbocycles. The van der Waals surface area contributed by atoms with E-state index in [-0.39, 0.29) is 12.6 Å². The summed E-state index contributed by atoms with van der Waals surface area (Å²) in [5.74, 6) is 0.365. The topological polar surface area (TPSA) is 125 Å². The van der Waals surface area contributed by atoms with Crippen LogP contribution in [0.2, 0.25) is 15.1 Å². The maximum atomic E-state index is 12.3. The number of carbonyl (C=O) groups excluding carboxylic acids is 1. The molecule has 2 rings (SSSR count). The largest absolute Gasteiger partial charge is 0.489 e. The van der Waals surface area contributed by atoms with Crippen LogP contribution in [0.15, 0.2) is 30.9 Å². The van der Waals surface area contributed by atoms with Gasteiger partial charge < -0.3 is 24.3 Å². The molecule has 1 heterocycles. The fourth-order valence-electron chi connectivity index (χ4n) is 2.03. The third-order valence-electron chi connectivity index (χ3n) is 3.06. The predicted octanol–water partition coefficient (Wildman–Crippen LogP) is 3.67. The van der Waals surface area contributed by atoms with Crippen LogP contribution in [0.4, 0.5) is 4.79 Å². The minimum atomic E-state index is -4.64. The molecule has 9 nitrogen and oxygen atoms in total. The summed E-state index contributed by atoms with van der Waals surface area (Å²) in [6.07, 6.45) is 5.48. The number of benzene rings is 1. The molecule has 13 heteroatoms. The van der Waals surface area contributed by atoms with Crippen LogP contribution in [-0.4, -0.2) is 54.9 Å². The summed E-state index contributed by atoms with van der Waals surface area (Å²) in [4.78, 5) is 39.5. The summed E-state index contributed by atoms with van der Waals surface area (Å²) in [6, 6.07) is 2.97. The van der Waals surface area contributed by atoms with Crippen molar-refractivity contribution < 1.29 is 28.8 Å². The molecule has 1 amide bonds. The van der Waals surface area contributed by atoms with E-state index in [2.05, 4.69) is 4.98 Å². The van der Waals surface area contributed by atoms with E-state index >= 15 is 0 Å². The average Bonchev–Trinajstić information content (AvgIpc) is 3.08. The molecule has 0 fully saturated rings. The number of halogens is 3. The molecule has 0 spiro atoms. The van der Waals surface area contributed by atoms with Crippen molar-refractivity contribution in [3.8, 4) is 5.75 Å². The highest BCUT2D eigenvalue weighted by Gasteiger charge is 2.15. The van der Waals surface area contributed by atoms with Crippen LogP contribution in [0, 0.1) is 0 Å². The van der Waals surface area contributed by atoms with E-state index < -0.39 is 7.82 Å². The zero-order valence-corrected chi connectivity index (χ0v) is 17.9. The number of ether oxygens (including phenoxy) is 1. The lowest BCUT2D eigenvalue weighted by molar-refractivity contribution is 0.184. The number of rotatable bonds is 6. The third-order valence-corrected chi connectivity index (χ3v) is 3.84. The smallest absolute Gasteiger partial charge is 0.466 e. The van der Waals surface area contributed by atoms with Crippen LogP contribution in [0.1, 0.15) is 13.3 Å². The van der Waals surface area contributed by atoms with Gasteiger partial charge in [0, 0.05) is 24.0 Å². The van der Waals surface area contributed by atoms with Crippen molar-refractivity contribution >= 4 is 48.7 Å². The van der Waals surface area contributed by atoms with E-state index in [4.69, 9.17) is 58.8 Å². The lowest BCUT2D eigenvalue weighted by Crippen LogP contribution is -2.37. The first-order valence-electron chi connectivity index (χ1n) is 7.85. The number of imidazole rings is 1. The number of nitrogens with zero attached hydrogens (tertiary/aromatic N) is 3. The van der Waals surface area contributed by atoms with Crippen molar-refractivity contribution in [2.75, 3.05) is 19.7 Å². The summed E-state index contributed by atoms with van der Waals surface area (Å²) in [5.41, 5.74) is 0. The van der Waals surface area contributed by atoms with Crippen LogP contribution in [0.3, 0.4) is 0 Å². The molecule has 2 aromatic rings. The van der Waals surface area contributed by atoms with Crippen molar-refractivity contribution in [2.45, 2.75) is 13.3 Å². The van der Waals surface area contributed by atoms with Gasteiger partial charge in [0.1, 0.15) is 12.9 Å². The molecule has 0 aliphatic heterocycles. The van der Waals surface area contributed by atoms with Gasteiger partial charge in [0.05, 0.1) is 16.6 Å². The standard InChI is InChI=1S/C15H16Cl3N3O2.H3O4P/c1-2-4-20(15(22)21-5-3-19-10-21)6-7-23-14-12(17)8-11(16)9-13(14)18;1-5(2,3)4/h3,5,8-10H,2,4,6-7H2,1H3;(H3,1,2,3,4). The molecular weight excluding hydrogens is 456 g/mol. The number of aromatic nitrogens is 2. The maximum absolute atomic E-state index is 12.3. The van der Waals surface area contributed by atoms with Gasteiger partial charge in [-0.3, -0.25) is 4.57 Å².